The fourth-order valence-corrected chi connectivity index (χ4v) is 1.41. The lowest BCUT2D eigenvalue weighted by Crippen LogP contribution is -2.50. The van der Waals surface area contributed by atoms with E-state index in [0.29, 0.717) is 0 Å². The maximum absolute atomic E-state index is 11.7. The largest absolute Gasteiger partial charge is 0.481 e. The van der Waals surface area contributed by atoms with Crippen LogP contribution >= 0.6 is 0 Å². The number of carboxylic acids is 1. The molecule has 118 valence electrons. The Morgan fingerprint density at radius 3 is 1.95 bits per heavy atom. The van der Waals surface area contributed by atoms with Crippen molar-refractivity contribution in [2.75, 3.05) is 6.61 Å². The summed E-state index contributed by atoms with van der Waals surface area (Å²) in [5.41, 5.74) is -2.01. The van der Waals surface area contributed by atoms with Crippen LogP contribution in [0.25, 0.3) is 0 Å². The average molecular weight is 289 g/mol. The highest BCUT2D eigenvalue weighted by Gasteiger charge is 2.29. The summed E-state index contributed by atoms with van der Waals surface area (Å²) in [6.07, 6.45) is -0.627. The molecule has 0 bridgehead atoms. The Kier molecular flexibility index (Phi) is 6.02. The predicted molar refractivity (Wildman–Crippen MR) is 75.7 cm³/mol. The number of carbonyl (C=O) groups excluding carboxylic acids is 1. The Bertz CT molecular complexity index is 355. The zero-order chi connectivity index (χ0) is 16.2. The normalized spacial score (nSPS) is 12.9. The van der Waals surface area contributed by atoms with Crippen molar-refractivity contribution >= 4 is 12.1 Å². The minimum absolute atomic E-state index is 0.102. The highest BCUT2D eigenvalue weighted by atomic mass is 16.6. The SMILES string of the molecule is CC(C)(COC(C)(C)CC(=O)O)NC(=O)OC(C)(C)C. The van der Waals surface area contributed by atoms with Crippen molar-refractivity contribution in [2.45, 2.75) is 71.6 Å². The molecule has 0 rings (SSSR count). The summed E-state index contributed by atoms with van der Waals surface area (Å²) >= 11 is 0. The molecule has 0 aliphatic rings. The van der Waals surface area contributed by atoms with Crippen molar-refractivity contribution in [2.24, 2.45) is 0 Å². The first-order chi connectivity index (χ1) is 8.72. The van der Waals surface area contributed by atoms with E-state index in [1.165, 1.54) is 0 Å². The number of aliphatic carboxylic acids is 1. The second-order valence-electron chi connectivity index (χ2n) is 7.13. The summed E-state index contributed by atoms with van der Waals surface area (Å²) in [7, 11) is 0. The monoisotopic (exact) mass is 289 g/mol. The van der Waals surface area contributed by atoms with Gasteiger partial charge in [0, 0.05) is 0 Å². The number of amides is 1. The molecule has 0 aromatic carbocycles. The van der Waals surface area contributed by atoms with E-state index in [0.717, 1.165) is 0 Å². The van der Waals surface area contributed by atoms with Gasteiger partial charge in [-0.3, -0.25) is 4.79 Å². The van der Waals surface area contributed by atoms with E-state index < -0.39 is 28.8 Å². The van der Waals surface area contributed by atoms with E-state index in [4.69, 9.17) is 14.6 Å². The average Bonchev–Trinajstić information content (AvgIpc) is 2.08. The first kappa shape index (κ1) is 18.7. The van der Waals surface area contributed by atoms with Gasteiger partial charge in [-0.2, -0.15) is 0 Å². The van der Waals surface area contributed by atoms with Crippen LogP contribution < -0.4 is 5.32 Å². The van der Waals surface area contributed by atoms with Gasteiger partial charge in [-0.25, -0.2) is 4.79 Å². The van der Waals surface area contributed by atoms with Crippen LogP contribution in [-0.4, -0.2) is 40.5 Å². The Balaban J connectivity index is 4.39. The standard InChI is InChI=1S/C14H27NO5/c1-12(2,3)20-11(18)15-13(4,5)9-19-14(6,7)8-10(16)17/h8-9H2,1-7H3,(H,15,18)(H,16,17). The Morgan fingerprint density at radius 1 is 1.05 bits per heavy atom. The highest BCUT2D eigenvalue weighted by Crippen LogP contribution is 2.17. The van der Waals surface area contributed by atoms with Gasteiger partial charge >= 0.3 is 12.1 Å². The maximum atomic E-state index is 11.7. The lowest BCUT2D eigenvalue weighted by molar-refractivity contribution is -0.144. The molecule has 0 spiro atoms. The molecule has 0 atom stereocenters. The number of nitrogens with one attached hydrogen (secondary N) is 1. The number of alkyl carbamates (subject to hydrolysis) is 1. The van der Waals surface area contributed by atoms with Crippen molar-refractivity contribution < 1.29 is 24.2 Å². The van der Waals surface area contributed by atoms with Gasteiger partial charge in [-0.1, -0.05) is 0 Å². The molecular formula is C14H27NO5. The number of hydrogen-bond acceptors (Lipinski definition) is 4. The van der Waals surface area contributed by atoms with Crippen molar-refractivity contribution in [3.63, 3.8) is 0 Å². The van der Waals surface area contributed by atoms with Crippen LogP contribution in [0.4, 0.5) is 4.79 Å². The first-order valence-corrected chi connectivity index (χ1v) is 6.59. The van der Waals surface area contributed by atoms with Crippen molar-refractivity contribution in [1.82, 2.24) is 5.32 Å². The fraction of sp³-hybridized carbons (Fsp3) is 0.857. The molecule has 0 heterocycles. The molecule has 0 saturated carbocycles. The zero-order valence-electron chi connectivity index (χ0n) is 13.5. The summed E-state index contributed by atoms with van der Waals surface area (Å²) in [4.78, 5) is 22.4. The third-order valence-electron chi connectivity index (χ3n) is 2.24. The minimum atomic E-state index is -0.923. The molecular weight excluding hydrogens is 262 g/mol. The molecule has 0 radical (unpaired) electrons. The van der Waals surface area contributed by atoms with Crippen molar-refractivity contribution in [3.05, 3.63) is 0 Å². The van der Waals surface area contributed by atoms with Gasteiger partial charge in [0.15, 0.2) is 0 Å². The predicted octanol–water partition coefficient (Wildman–Crippen LogP) is 2.56. The fourth-order valence-electron chi connectivity index (χ4n) is 1.41. The Morgan fingerprint density at radius 2 is 1.55 bits per heavy atom. The molecule has 20 heavy (non-hydrogen) atoms. The summed E-state index contributed by atoms with van der Waals surface area (Å²) < 4.78 is 10.8. The molecule has 6 heteroatoms. The van der Waals surface area contributed by atoms with Gasteiger partial charge in [0.1, 0.15) is 5.60 Å². The molecule has 0 aromatic heterocycles. The van der Waals surface area contributed by atoms with E-state index in [-0.39, 0.29) is 13.0 Å². The van der Waals surface area contributed by atoms with E-state index in [1.807, 2.05) is 0 Å². The number of carbonyl (C=O) groups is 2. The quantitative estimate of drug-likeness (QED) is 0.785. The number of ether oxygens (including phenoxy) is 2. The molecule has 0 aliphatic heterocycles. The van der Waals surface area contributed by atoms with Crippen LogP contribution in [0.2, 0.25) is 0 Å². The molecule has 2 N–H and O–H groups in total. The van der Waals surface area contributed by atoms with E-state index in [1.54, 1.807) is 48.5 Å². The van der Waals surface area contributed by atoms with Crippen LogP contribution in [0, 0.1) is 0 Å². The topological polar surface area (TPSA) is 84.9 Å². The molecule has 0 aromatic rings. The highest BCUT2D eigenvalue weighted by molar-refractivity contribution is 5.69. The Hall–Kier alpha value is -1.30. The maximum Gasteiger partial charge on any atom is 0.408 e. The molecule has 0 fully saturated rings. The first-order valence-electron chi connectivity index (χ1n) is 6.59. The Labute approximate surface area is 120 Å². The third kappa shape index (κ3) is 9.61. The van der Waals surface area contributed by atoms with Gasteiger partial charge in [0.2, 0.25) is 0 Å². The minimum Gasteiger partial charge on any atom is -0.481 e. The smallest absolute Gasteiger partial charge is 0.408 e. The summed E-state index contributed by atoms with van der Waals surface area (Å²) in [5, 5.41) is 11.5. The molecule has 6 nitrogen and oxygen atoms in total. The van der Waals surface area contributed by atoms with E-state index in [9.17, 15) is 9.59 Å². The second kappa shape index (κ2) is 6.43. The van der Waals surface area contributed by atoms with Crippen LogP contribution in [0.3, 0.4) is 0 Å². The van der Waals surface area contributed by atoms with Gasteiger partial charge in [0.05, 0.1) is 24.2 Å². The molecule has 0 aliphatic carbocycles. The van der Waals surface area contributed by atoms with Gasteiger partial charge < -0.3 is 19.9 Å². The van der Waals surface area contributed by atoms with Gasteiger partial charge in [-0.05, 0) is 48.5 Å². The van der Waals surface area contributed by atoms with Crippen molar-refractivity contribution in [3.8, 4) is 0 Å². The number of rotatable bonds is 6. The second-order valence-corrected chi connectivity index (χ2v) is 7.13. The molecule has 0 saturated heterocycles. The van der Waals surface area contributed by atoms with Crippen LogP contribution in [0.15, 0.2) is 0 Å². The summed E-state index contributed by atoms with van der Waals surface area (Å²) in [5.74, 6) is -0.923. The summed E-state index contributed by atoms with van der Waals surface area (Å²) in [6, 6.07) is 0. The van der Waals surface area contributed by atoms with Crippen LogP contribution in [0.5, 0.6) is 0 Å². The van der Waals surface area contributed by atoms with Crippen LogP contribution in [-0.2, 0) is 14.3 Å². The number of hydrogen-bond donors (Lipinski definition) is 2. The van der Waals surface area contributed by atoms with Crippen molar-refractivity contribution in [1.29, 1.82) is 0 Å². The lowest BCUT2D eigenvalue weighted by atomic mass is 10.0. The van der Waals surface area contributed by atoms with E-state index in [2.05, 4.69) is 5.32 Å². The molecule has 0 unspecified atom stereocenters. The van der Waals surface area contributed by atoms with Gasteiger partial charge in [0.25, 0.3) is 0 Å². The zero-order valence-corrected chi connectivity index (χ0v) is 13.5. The van der Waals surface area contributed by atoms with E-state index >= 15 is 0 Å². The third-order valence-corrected chi connectivity index (χ3v) is 2.24. The van der Waals surface area contributed by atoms with Crippen LogP contribution in [0.1, 0.15) is 54.9 Å². The number of carboxylic acid groups (broad SMARTS) is 1. The summed E-state index contributed by atoms with van der Waals surface area (Å²) in [6.45, 7) is 12.5. The molecule has 1 amide bonds. The van der Waals surface area contributed by atoms with Gasteiger partial charge in [-0.15, -0.1) is 0 Å². The lowest BCUT2D eigenvalue weighted by Gasteiger charge is -2.32.